The predicted octanol–water partition coefficient (Wildman–Crippen LogP) is 4.18. The highest BCUT2D eigenvalue weighted by molar-refractivity contribution is 6.00. The van der Waals surface area contributed by atoms with Crippen LogP contribution in [-0.4, -0.2) is 5.78 Å². The fraction of sp³-hybridized carbons (Fsp3) is 0.316. The number of rotatable bonds is 2. The highest BCUT2D eigenvalue weighted by Crippen LogP contribution is 2.44. The van der Waals surface area contributed by atoms with Crippen LogP contribution in [0.3, 0.4) is 0 Å². The Labute approximate surface area is 120 Å². The van der Waals surface area contributed by atoms with Crippen molar-refractivity contribution >= 4 is 5.78 Å². The van der Waals surface area contributed by atoms with Crippen molar-refractivity contribution in [1.82, 2.24) is 0 Å². The molecule has 0 saturated heterocycles. The summed E-state index contributed by atoms with van der Waals surface area (Å²) in [5.41, 5.74) is 4.60. The number of aryl methyl sites for hydroxylation is 1. The van der Waals surface area contributed by atoms with Gasteiger partial charge < -0.3 is 0 Å². The lowest BCUT2D eigenvalue weighted by Gasteiger charge is -2.18. The zero-order valence-electron chi connectivity index (χ0n) is 12.3. The number of carbonyl (C=O) groups excluding carboxylic acids is 1. The normalized spacial score (nSPS) is 19.9. The monoisotopic (exact) mass is 264 g/mol. The van der Waals surface area contributed by atoms with E-state index < -0.39 is 0 Å². The Morgan fingerprint density at radius 1 is 1.00 bits per heavy atom. The Bertz CT molecular complexity index is 667. The summed E-state index contributed by atoms with van der Waals surface area (Å²) in [4.78, 5) is 12.8. The summed E-state index contributed by atoms with van der Waals surface area (Å²) in [5, 5.41) is 0. The maximum atomic E-state index is 12.8. The molecule has 3 rings (SSSR count). The first kappa shape index (κ1) is 13.1. The van der Waals surface area contributed by atoms with E-state index in [1.807, 2.05) is 32.0 Å². The van der Waals surface area contributed by atoms with E-state index in [9.17, 15) is 4.79 Å². The average Bonchev–Trinajstić information content (AvgIpc) is 2.63. The number of fused-ring (bicyclic) bond motifs is 1. The summed E-state index contributed by atoms with van der Waals surface area (Å²) in [7, 11) is 0. The molecule has 2 aromatic carbocycles. The standard InChI is InChI=1S/C19H20O/c1-13-8-4-5-9-14(13)12-16-15-10-6-7-11-17(15)19(2,3)18(16)20/h4-11,16H,12H2,1-3H3/t16-/m1/s1. The maximum absolute atomic E-state index is 12.8. The molecular formula is C19H20O. The van der Waals surface area contributed by atoms with Crippen molar-refractivity contribution in [2.75, 3.05) is 0 Å². The quantitative estimate of drug-likeness (QED) is 0.795. The van der Waals surface area contributed by atoms with E-state index in [1.54, 1.807) is 0 Å². The first-order valence-electron chi connectivity index (χ1n) is 7.20. The molecule has 0 amide bonds. The number of hydrogen-bond acceptors (Lipinski definition) is 1. The van der Waals surface area contributed by atoms with Crippen LogP contribution in [0.5, 0.6) is 0 Å². The van der Waals surface area contributed by atoms with Crippen molar-refractivity contribution in [3.8, 4) is 0 Å². The van der Waals surface area contributed by atoms with Crippen molar-refractivity contribution in [2.24, 2.45) is 0 Å². The van der Waals surface area contributed by atoms with Crippen LogP contribution in [0.4, 0.5) is 0 Å². The molecule has 1 atom stereocenters. The van der Waals surface area contributed by atoms with Gasteiger partial charge in [0.25, 0.3) is 0 Å². The second-order valence-corrected chi connectivity index (χ2v) is 6.26. The van der Waals surface area contributed by atoms with Gasteiger partial charge in [-0.15, -0.1) is 0 Å². The Kier molecular flexibility index (Phi) is 3.01. The lowest BCUT2D eigenvalue weighted by atomic mass is 9.83. The van der Waals surface area contributed by atoms with E-state index in [-0.39, 0.29) is 11.3 Å². The van der Waals surface area contributed by atoms with E-state index in [2.05, 4.69) is 37.3 Å². The summed E-state index contributed by atoms with van der Waals surface area (Å²) < 4.78 is 0. The van der Waals surface area contributed by atoms with Crippen molar-refractivity contribution in [3.05, 3.63) is 70.8 Å². The van der Waals surface area contributed by atoms with Crippen LogP contribution < -0.4 is 0 Å². The molecule has 0 radical (unpaired) electrons. The van der Waals surface area contributed by atoms with Gasteiger partial charge >= 0.3 is 0 Å². The van der Waals surface area contributed by atoms with Gasteiger partial charge in [-0.2, -0.15) is 0 Å². The molecule has 0 spiro atoms. The van der Waals surface area contributed by atoms with E-state index in [0.29, 0.717) is 5.78 Å². The molecule has 2 aromatic rings. The van der Waals surface area contributed by atoms with Gasteiger partial charge in [-0.25, -0.2) is 0 Å². The zero-order valence-corrected chi connectivity index (χ0v) is 12.3. The number of benzene rings is 2. The van der Waals surface area contributed by atoms with Crippen molar-refractivity contribution in [3.63, 3.8) is 0 Å². The topological polar surface area (TPSA) is 17.1 Å². The Morgan fingerprint density at radius 3 is 2.40 bits per heavy atom. The number of carbonyl (C=O) groups is 1. The summed E-state index contributed by atoms with van der Waals surface area (Å²) in [5.74, 6) is 0.351. The fourth-order valence-corrected chi connectivity index (χ4v) is 3.34. The zero-order chi connectivity index (χ0) is 14.3. The SMILES string of the molecule is Cc1ccccc1C[C@H]1C(=O)C(C)(C)c2ccccc21. The van der Waals surface area contributed by atoms with Crippen molar-refractivity contribution in [1.29, 1.82) is 0 Å². The minimum Gasteiger partial charge on any atom is -0.298 e. The van der Waals surface area contributed by atoms with E-state index in [1.165, 1.54) is 22.3 Å². The van der Waals surface area contributed by atoms with E-state index in [0.717, 1.165) is 6.42 Å². The molecule has 0 fully saturated rings. The third-order valence-electron chi connectivity index (χ3n) is 4.63. The molecule has 0 aliphatic heterocycles. The molecule has 1 aliphatic carbocycles. The highest BCUT2D eigenvalue weighted by Gasteiger charge is 2.44. The van der Waals surface area contributed by atoms with Gasteiger partial charge in [-0.05, 0) is 49.4 Å². The van der Waals surface area contributed by atoms with Gasteiger partial charge in [0.1, 0.15) is 0 Å². The molecular weight excluding hydrogens is 244 g/mol. The van der Waals surface area contributed by atoms with Gasteiger partial charge in [0.15, 0.2) is 5.78 Å². The summed E-state index contributed by atoms with van der Waals surface area (Å²) in [6.45, 7) is 6.21. The molecule has 0 N–H and O–H groups in total. The van der Waals surface area contributed by atoms with Crippen molar-refractivity contribution in [2.45, 2.75) is 38.5 Å². The number of ketones is 1. The van der Waals surface area contributed by atoms with Gasteiger partial charge in [0, 0.05) is 11.3 Å². The fourth-order valence-electron chi connectivity index (χ4n) is 3.34. The molecule has 102 valence electrons. The van der Waals surface area contributed by atoms with Gasteiger partial charge in [-0.1, -0.05) is 48.5 Å². The van der Waals surface area contributed by atoms with Gasteiger partial charge in [0.2, 0.25) is 0 Å². The van der Waals surface area contributed by atoms with Crippen LogP contribution in [0, 0.1) is 6.92 Å². The summed E-state index contributed by atoms with van der Waals surface area (Å²) in [6, 6.07) is 16.6. The summed E-state index contributed by atoms with van der Waals surface area (Å²) >= 11 is 0. The second-order valence-electron chi connectivity index (χ2n) is 6.26. The van der Waals surface area contributed by atoms with Crippen LogP contribution >= 0.6 is 0 Å². The Hall–Kier alpha value is -1.89. The molecule has 0 aromatic heterocycles. The largest absolute Gasteiger partial charge is 0.298 e. The van der Waals surface area contributed by atoms with E-state index in [4.69, 9.17) is 0 Å². The predicted molar refractivity (Wildman–Crippen MR) is 82.1 cm³/mol. The van der Waals surface area contributed by atoms with Crippen LogP contribution in [0.15, 0.2) is 48.5 Å². The van der Waals surface area contributed by atoms with E-state index >= 15 is 0 Å². The first-order valence-corrected chi connectivity index (χ1v) is 7.20. The van der Waals surface area contributed by atoms with Crippen LogP contribution in [0.1, 0.15) is 42.0 Å². The Morgan fingerprint density at radius 2 is 1.65 bits per heavy atom. The van der Waals surface area contributed by atoms with Gasteiger partial charge in [0.05, 0.1) is 0 Å². The molecule has 0 unspecified atom stereocenters. The first-order chi connectivity index (χ1) is 9.51. The second kappa shape index (κ2) is 4.59. The average molecular weight is 264 g/mol. The lowest BCUT2D eigenvalue weighted by molar-refractivity contribution is -0.123. The molecule has 0 bridgehead atoms. The van der Waals surface area contributed by atoms with Crippen LogP contribution in [0.2, 0.25) is 0 Å². The minimum atomic E-state index is -0.357. The Balaban J connectivity index is 2.03. The molecule has 1 nitrogen and oxygen atoms in total. The smallest absolute Gasteiger partial charge is 0.150 e. The van der Waals surface area contributed by atoms with Crippen molar-refractivity contribution < 1.29 is 4.79 Å². The highest BCUT2D eigenvalue weighted by atomic mass is 16.1. The molecule has 1 aliphatic rings. The number of Topliss-reactive ketones (excluding diaryl/α,β-unsaturated/α-hetero) is 1. The van der Waals surface area contributed by atoms with Crippen LogP contribution in [-0.2, 0) is 16.6 Å². The number of hydrogen-bond donors (Lipinski definition) is 0. The molecule has 20 heavy (non-hydrogen) atoms. The molecule has 1 heteroatoms. The van der Waals surface area contributed by atoms with Gasteiger partial charge in [-0.3, -0.25) is 4.79 Å². The maximum Gasteiger partial charge on any atom is 0.150 e. The third-order valence-corrected chi connectivity index (χ3v) is 4.63. The third kappa shape index (κ3) is 1.89. The lowest BCUT2D eigenvalue weighted by Crippen LogP contribution is -2.26. The summed E-state index contributed by atoms with van der Waals surface area (Å²) in [6.07, 6.45) is 0.811. The molecule has 0 saturated carbocycles. The molecule has 0 heterocycles. The minimum absolute atomic E-state index is 0.00213. The van der Waals surface area contributed by atoms with Crippen LogP contribution in [0.25, 0.3) is 0 Å².